The normalized spacial score (nSPS) is 11.5. The number of primary amides is 1. The van der Waals surface area contributed by atoms with Gasteiger partial charge in [-0.2, -0.15) is 0 Å². The summed E-state index contributed by atoms with van der Waals surface area (Å²) in [4.78, 5) is 23.6. The number of para-hydroxylation sites is 1. The minimum atomic E-state index is -0.686. The van der Waals surface area contributed by atoms with Crippen molar-refractivity contribution in [2.24, 2.45) is 5.73 Å². The Hall–Kier alpha value is -3.09. The number of carbonyl (C=O) groups excluding carboxylic acids is 2. The van der Waals surface area contributed by atoms with Crippen molar-refractivity contribution in [1.82, 2.24) is 5.32 Å². The average Bonchev–Trinajstić information content (AvgIpc) is 2.59. The van der Waals surface area contributed by atoms with Gasteiger partial charge in [-0.05, 0) is 36.8 Å². The van der Waals surface area contributed by atoms with E-state index in [-0.39, 0.29) is 29.8 Å². The van der Waals surface area contributed by atoms with Crippen LogP contribution in [0.15, 0.2) is 42.5 Å². The number of hydrogen-bond donors (Lipinski definition) is 2. The number of nitrogens with one attached hydrogen (secondary N) is 1. The van der Waals surface area contributed by atoms with Crippen LogP contribution < -0.4 is 20.5 Å². The maximum absolute atomic E-state index is 12.9. The first kappa shape index (κ1) is 18.3. The monoisotopic (exact) mass is 346 g/mol. The molecule has 0 spiro atoms. The molecule has 0 aliphatic heterocycles. The highest BCUT2D eigenvalue weighted by Gasteiger charge is 2.17. The Kier molecular flexibility index (Phi) is 5.94. The molecule has 1 atom stereocenters. The van der Waals surface area contributed by atoms with Gasteiger partial charge in [-0.3, -0.25) is 9.59 Å². The lowest BCUT2D eigenvalue weighted by molar-refractivity contribution is -0.123. The number of nitrogens with two attached hydrogens (primary N) is 1. The van der Waals surface area contributed by atoms with Gasteiger partial charge >= 0.3 is 0 Å². The van der Waals surface area contributed by atoms with Gasteiger partial charge < -0.3 is 20.5 Å². The topological polar surface area (TPSA) is 90.7 Å². The first-order valence-corrected chi connectivity index (χ1v) is 7.56. The van der Waals surface area contributed by atoms with Crippen LogP contribution in [0.3, 0.4) is 0 Å². The molecule has 0 aliphatic rings. The van der Waals surface area contributed by atoms with Gasteiger partial charge in [-0.25, -0.2) is 4.39 Å². The molecule has 132 valence electrons. The molecule has 0 bridgehead atoms. The van der Waals surface area contributed by atoms with Crippen molar-refractivity contribution < 1.29 is 23.5 Å². The van der Waals surface area contributed by atoms with Gasteiger partial charge in [-0.15, -0.1) is 0 Å². The molecule has 0 aromatic heterocycles. The van der Waals surface area contributed by atoms with E-state index in [0.29, 0.717) is 5.75 Å². The largest absolute Gasteiger partial charge is 0.493 e. The first-order valence-electron chi connectivity index (χ1n) is 7.56. The fraction of sp³-hybridized carbons (Fsp3) is 0.222. The fourth-order valence-electron chi connectivity index (χ4n) is 2.28. The molecule has 0 fully saturated rings. The van der Waals surface area contributed by atoms with E-state index in [1.165, 1.54) is 25.3 Å². The zero-order chi connectivity index (χ0) is 18.4. The molecule has 25 heavy (non-hydrogen) atoms. The van der Waals surface area contributed by atoms with Crippen LogP contribution in [-0.4, -0.2) is 25.5 Å². The minimum absolute atomic E-state index is 0.113. The molecule has 0 heterocycles. The van der Waals surface area contributed by atoms with E-state index in [2.05, 4.69) is 5.32 Å². The Bertz CT molecular complexity index is 762. The third-order valence-electron chi connectivity index (χ3n) is 3.56. The first-order chi connectivity index (χ1) is 11.9. The summed E-state index contributed by atoms with van der Waals surface area (Å²) in [6.07, 6.45) is 0. The number of ether oxygens (including phenoxy) is 2. The summed E-state index contributed by atoms with van der Waals surface area (Å²) >= 11 is 0. The average molecular weight is 346 g/mol. The van der Waals surface area contributed by atoms with Crippen molar-refractivity contribution in [3.05, 3.63) is 59.4 Å². The van der Waals surface area contributed by atoms with E-state index in [9.17, 15) is 14.0 Å². The smallest absolute Gasteiger partial charge is 0.258 e. The summed E-state index contributed by atoms with van der Waals surface area (Å²) in [6.45, 7) is 1.44. The molecule has 2 aromatic carbocycles. The summed E-state index contributed by atoms with van der Waals surface area (Å²) < 4.78 is 23.5. The molecule has 2 amide bonds. The second-order valence-corrected chi connectivity index (χ2v) is 5.33. The zero-order valence-corrected chi connectivity index (χ0v) is 13.9. The number of hydrogen-bond acceptors (Lipinski definition) is 4. The molecule has 2 rings (SSSR count). The number of benzene rings is 2. The molecule has 0 saturated carbocycles. The molecule has 0 saturated heterocycles. The third kappa shape index (κ3) is 4.69. The van der Waals surface area contributed by atoms with E-state index in [1.807, 2.05) is 0 Å². The molecule has 3 N–H and O–H groups in total. The standard InChI is InChI=1S/C18H19FN2O4/c1-11(12-6-8-13(19)9-7-12)21-16(22)10-25-17-14(18(20)23)4-3-5-15(17)24-2/h3-9,11H,10H2,1-2H3,(H2,20,23)(H,21,22). The van der Waals surface area contributed by atoms with Gasteiger partial charge in [0.05, 0.1) is 18.7 Å². The van der Waals surface area contributed by atoms with Gasteiger partial charge in [0.2, 0.25) is 0 Å². The SMILES string of the molecule is COc1cccc(C(N)=O)c1OCC(=O)NC(C)c1ccc(F)cc1. The molecule has 7 heteroatoms. The van der Waals surface area contributed by atoms with Crippen LogP contribution in [0.1, 0.15) is 28.9 Å². The Morgan fingerprint density at radius 1 is 1.20 bits per heavy atom. The van der Waals surface area contributed by atoms with Gasteiger partial charge in [-0.1, -0.05) is 18.2 Å². The summed E-state index contributed by atoms with van der Waals surface area (Å²) in [5, 5.41) is 2.73. The van der Waals surface area contributed by atoms with Crippen LogP contribution in [0.5, 0.6) is 11.5 Å². The molecule has 6 nitrogen and oxygen atoms in total. The van der Waals surface area contributed by atoms with Crippen molar-refractivity contribution in [3.8, 4) is 11.5 Å². The lowest BCUT2D eigenvalue weighted by Crippen LogP contribution is -2.31. The number of methoxy groups -OCH3 is 1. The maximum atomic E-state index is 12.9. The summed E-state index contributed by atoms with van der Waals surface area (Å²) in [5.74, 6) is -1.02. The second kappa shape index (κ2) is 8.14. The molecule has 1 unspecified atom stereocenters. The van der Waals surface area contributed by atoms with Crippen LogP contribution in [-0.2, 0) is 4.79 Å². The Morgan fingerprint density at radius 2 is 1.88 bits per heavy atom. The molecular formula is C18H19FN2O4. The summed E-state index contributed by atoms with van der Waals surface area (Å²) in [6, 6.07) is 10.2. The van der Waals surface area contributed by atoms with Crippen molar-refractivity contribution in [2.75, 3.05) is 13.7 Å². The highest BCUT2D eigenvalue weighted by Crippen LogP contribution is 2.30. The predicted molar refractivity (Wildman–Crippen MR) is 90.0 cm³/mol. The van der Waals surface area contributed by atoms with Crippen molar-refractivity contribution in [1.29, 1.82) is 0 Å². The molecule has 2 aromatic rings. The third-order valence-corrected chi connectivity index (χ3v) is 3.56. The van der Waals surface area contributed by atoms with E-state index >= 15 is 0 Å². The van der Waals surface area contributed by atoms with Gasteiger partial charge in [0.1, 0.15) is 5.82 Å². The minimum Gasteiger partial charge on any atom is -0.493 e. The molecular weight excluding hydrogens is 327 g/mol. The lowest BCUT2D eigenvalue weighted by Gasteiger charge is -2.16. The number of carbonyl (C=O) groups is 2. The van der Waals surface area contributed by atoms with Crippen LogP contribution in [0.2, 0.25) is 0 Å². The molecule has 0 radical (unpaired) electrons. The molecule has 0 aliphatic carbocycles. The number of halogens is 1. The number of rotatable bonds is 7. The van der Waals surface area contributed by atoms with Crippen molar-refractivity contribution in [3.63, 3.8) is 0 Å². The van der Waals surface area contributed by atoms with E-state index in [4.69, 9.17) is 15.2 Å². The summed E-state index contributed by atoms with van der Waals surface area (Å²) in [7, 11) is 1.42. The van der Waals surface area contributed by atoms with Crippen LogP contribution in [0, 0.1) is 5.82 Å². The Morgan fingerprint density at radius 3 is 2.48 bits per heavy atom. The number of amides is 2. The maximum Gasteiger partial charge on any atom is 0.258 e. The Labute approximate surface area is 144 Å². The quantitative estimate of drug-likeness (QED) is 0.804. The predicted octanol–water partition coefficient (Wildman–Crippen LogP) is 2.19. The lowest BCUT2D eigenvalue weighted by atomic mass is 10.1. The van der Waals surface area contributed by atoms with Crippen LogP contribution >= 0.6 is 0 Å². The highest BCUT2D eigenvalue weighted by atomic mass is 19.1. The Balaban J connectivity index is 2.02. The second-order valence-electron chi connectivity index (χ2n) is 5.33. The van der Waals surface area contributed by atoms with Gasteiger partial charge in [0.15, 0.2) is 18.1 Å². The van der Waals surface area contributed by atoms with Crippen LogP contribution in [0.4, 0.5) is 4.39 Å². The zero-order valence-electron chi connectivity index (χ0n) is 13.9. The van der Waals surface area contributed by atoms with Gasteiger partial charge in [0, 0.05) is 0 Å². The fourth-order valence-corrected chi connectivity index (χ4v) is 2.28. The summed E-state index contributed by atoms with van der Waals surface area (Å²) in [5.41, 5.74) is 6.19. The van der Waals surface area contributed by atoms with E-state index in [1.54, 1.807) is 31.2 Å². The van der Waals surface area contributed by atoms with Crippen molar-refractivity contribution in [2.45, 2.75) is 13.0 Å². The van der Waals surface area contributed by atoms with Crippen molar-refractivity contribution >= 4 is 11.8 Å². The van der Waals surface area contributed by atoms with Crippen LogP contribution in [0.25, 0.3) is 0 Å². The van der Waals surface area contributed by atoms with E-state index < -0.39 is 11.8 Å². The van der Waals surface area contributed by atoms with Gasteiger partial charge in [0.25, 0.3) is 11.8 Å². The highest BCUT2D eigenvalue weighted by molar-refractivity contribution is 5.96. The van der Waals surface area contributed by atoms with E-state index in [0.717, 1.165) is 5.56 Å².